The van der Waals surface area contributed by atoms with Gasteiger partial charge in [-0.25, -0.2) is 0 Å². The van der Waals surface area contributed by atoms with Crippen LogP contribution in [0.1, 0.15) is 11.1 Å². The molecule has 0 spiro atoms. The summed E-state index contributed by atoms with van der Waals surface area (Å²) in [6.07, 6.45) is 2.19. The molecule has 2 heterocycles. The molecule has 0 saturated heterocycles. The largest absolute Gasteiger partial charge is 0.343 e. The predicted molar refractivity (Wildman–Crippen MR) is 87.6 cm³/mol. The van der Waals surface area contributed by atoms with Gasteiger partial charge in [0.1, 0.15) is 0 Å². The maximum atomic E-state index is 2.34. The highest BCUT2D eigenvalue weighted by Gasteiger charge is 2.06. The minimum Gasteiger partial charge on any atom is -0.343 e. The zero-order chi connectivity index (χ0) is 13.5. The Balaban J connectivity index is 1.82. The number of hydrogen-bond donors (Lipinski definition) is 0. The summed E-state index contributed by atoms with van der Waals surface area (Å²) >= 11 is 1.83. The Labute approximate surface area is 122 Å². The minimum absolute atomic E-state index is 0.941. The first-order valence-corrected chi connectivity index (χ1v) is 7.70. The second-order valence-electron chi connectivity index (χ2n) is 5.26. The Kier molecular flexibility index (Phi) is 2.64. The maximum absolute atomic E-state index is 2.34. The molecule has 20 heavy (non-hydrogen) atoms. The van der Waals surface area contributed by atoms with Gasteiger partial charge < -0.3 is 4.57 Å². The van der Waals surface area contributed by atoms with Gasteiger partial charge >= 0.3 is 0 Å². The number of hydrogen-bond acceptors (Lipinski definition) is 1. The summed E-state index contributed by atoms with van der Waals surface area (Å²) in [6, 6.07) is 17.5. The number of nitrogens with zero attached hydrogens (tertiary/aromatic N) is 1. The fraction of sp³-hybridized carbons (Fsp3) is 0.111. The molecule has 0 N–H and O–H groups in total. The van der Waals surface area contributed by atoms with Crippen LogP contribution in [0, 0.1) is 6.92 Å². The molecule has 1 nitrogen and oxygen atoms in total. The first kappa shape index (κ1) is 11.7. The molecule has 0 aliphatic heterocycles. The molecule has 0 radical (unpaired) electrons. The Hall–Kier alpha value is -2.06. The van der Waals surface area contributed by atoms with Crippen LogP contribution in [0.5, 0.6) is 0 Å². The molecule has 0 unspecified atom stereocenters. The van der Waals surface area contributed by atoms with Crippen molar-refractivity contribution in [2.24, 2.45) is 0 Å². The molecule has 0 saturated carbocycles. The van der Waals surface area contributed by atoms with E-state index in [0.29, 0.717) is 0 Å². The number of thiophene rings is 1. The van der Waals surface area contributed by atoms with Crippen molar-refractivity contribution in [3.63, 3.8) is 0 Å². The summed E-state index contributed by atoms with van der Waals surface area (Å²) in [5, 5.41) is 4.98. The van der Waals surface area contributed by atoms with Crippen molar-refractivity contribution in [3.05, 3.63) is 71.2 Å². The molecule has 0 fully saturated rings. The van der Waals surface area contributed by atoms with Crippen molar-refractivity contribution in [2.45, 2.75) is 13.5 Å². The van der Waals surface area contributed by atoms with Crippen LogP contribution in [-0.2, 0) is 6.54 Å². The van der Waals surface area contributed by atoms with Gasteiger partial charge in [0.2, 0.25) is 0 Å². The first-order chi connectivity index (χ1) is 9.81. The van der Waals surface area contributed by atoms with Crippen molar-refractivity contribution in [1.29, 1.82) is 0 Å². The number of aromatic nitrogens is 1. The lowest BCUT2D eigenvalue weighted by atomic mass is 10.1. The Morgan fingerprint density at radius 1 is 1.05 bits per heavy atom. The molecule has 2 aromatic heterocycles. The van der Waals surface area contributed by atoms with Crippen molar-refractivity contribution in [1.82, 2.24) is 4.57 Å². The smallest absolute Gasteiger partial charge is 0.0490 e. The van der Waals surface area contributed by atoms with Crippen molar-refractivity contribution < 1.29 is 0 Å². The van der Waals surface area contributed by atoms with E-state index in [-0.39, 0.29) is 0 Å². The highest BCUT2D eigenvalue weighted by atomic mass is 32.1. The summed E-state index contributed by atoms with van der Waals surface area (Å²) in [5.41, 5.74) is 4.04. The average molecular weight is 277 g/mol. The third-order valence-corrected chi connectivity index (χ3v) is 4.84. The van der Waals surface area contributed by atoms with E-state index in [4.69, 9.17) is 0 Å². The van der Waals surface area contributed by atoms with Crippen molar-refractivity contribution in [3.8, 4) is 0 Å². The van der Waals surface area contributed by atoms with Gasteiger partial charge in [0.05, 0.1) is 0 Å². The van der Waals surface area contributed by atoms with Gasteiger partial charge in [-0.2, -0.15) is 0 Å². The number of rotatable bonds is 2. The molecule has 0 aliphatic rings. The molecule has 4 rings (SSSR count). The number of fused-ring (bicyclic) bond motifs is 2. The fourth-order valence-electron chi connectivity index (χ4n) is 2.77. The predicted octanol–water partition coefficient (Wildman–Crippen LogP) is 5.21. The third kappa shape index (κ3) is 1.84. The molecule has 0 amide bonds. The molecule has 0 atom stereocenters. The zero-order valence-electron chi connectivity index (χ0n) is 11.3. The van der Waals surface area contributed by atoms with Gasteiger partial charge in [-0.05, 0) is 52.4 Å². The summed E-state index contributed by atoms with van der Waals surface area (Å²) < 4.78 is 3.71. The monoisotopic (exact) mass is 277 g/mol. The Morgan fingerprint density at radius 2 is 1.95 bits per heavy atom. The molecule has 0 bridgehead atoms. The molecule has 2 heteroatoms. The van der Waals surface area contributed by atoms with Crippen molar-refractivity contribution in [2.75, 3.05) is 0 Å². The normalized spacial score (nSPS) is 11.4. The zero-order valence-corrected chi connectivity index (χ0v) is 12.2. The van der Waals surface area contributed by atoms with Crippen LogP contribution < -0.4 is 0 Å². The van der Waals surface area contributed by atoms with E-state index in [1.807, 2.05) is 11.3 Å². The van der Waals surface area contributed by atoms with Crippen LogP contribution in [0.25, 0.3) is 21.0 Å². The first-order valence-electron chi connectivity index (χ1n) is 6.82. The number of aryl methyl sites for hydroxylation is 1. The number of benzene rings is 2. The van der Waals surface area contributed by atoms with Crippen LogP contribution in [0.4, 0.5) is 0 Å². The average Bonchev–Trinajstić information content (AvgIpc) is 3.05. The van der Waals surface area contributed by atoms with E-state index in [9.17, 15) is 0 Å². The Bertz CT molecular complexity index is 898. The molecule has 2 aromatic carbocycles. The molecule has 98 valence electrons. The third-order valence-electron chi connectivity index (χ3n) is 3.83. The quantitative estimate of drug-likeness (QED) is 0.474. The van der Waals surface area contributed by atoms with E-state index in [0.717, 1.165) is 6.54 Å². The van der Waals surface area contributed by atoms with Crippen molar-refractivity contribution >= 4 is 32.3 Å². The topological polar surface area (TPSA) is 4.93 Å². The van der Waals surface area contributed by atoms with E-state index in [1.165, 1.54) is 32.1 Å². The molecular weight excluding hydrogens is 262 g/mol. The molecule has 0 aliphatic carbocycles. The highest BCUT2D eigenvalue weighted by molar-refractivity contribution is 7.17. The van der Waals surface area contributed by atoms with Gasteiger partial charge in [0, 0.05) is 23.0 Å². The van der Waals surface area contributed by atoms with E-state index < -0.39 is 0 Å². The fourth-order valence-corrected chi connectivity index (χ4v) is 3.72. The van der Waals surface area contributed by atoms with E-state index in [2.05, 4.69) is 71.6 Å². The van der Waals surface area contributed by atoms with Crippen LogP contribution in [0.15, 0.2) is 60.1 Å². The lowest BCUT2D eigenvalue weighted by Gasteiger charge is -2.05. The lowest BCUT2D eigenvalue weighted by molar-refractivity contribution is 0.845. The molecular formula is C18H15NS. The van der Waals surface area contributed by atoms with Gasteiger partial charge in [0.25, 0.3) is 0 Å². The minimum atomic E-state index is 0.941. The van der Waals surface area contributed by atoms with Gasteiger partial charge in [-0.1, -0.05) is 30.3 Å². The Morgan fingerprint density at radius 3 is 2.90 bits per heavy atom. The summed E-state index contributed by atoms with van der Waals surface area (Å²) in [5.74, 6) is 0. The lowest BCUT2D eigenvalue weighted by Crippen LogP contribution is -1.96. The summed E-state index contributed by atoms with van der Waals surface area (Å²) in [7, 11) is 0. The summed E-state index contributed by atoms with van der Waals surface area (Å²) in [6.45, 7) is 3.09. The van der Waals surface area contributed by atoms with Crippen LogP contribution in [-0.4, -0.2) is 4.57 Å². The summed E-state index contributed by atoms with van der Waals surface area (Å²) in [4.78, 5) is 0. The second kappa shape index (κ2) is 4.50. The van der Waals surface area contributed by atoms with Crippen LogP contribution in [0.2, 0.25) is 0 Å². The van der Waals surface area contributed by atoms with Gasteiger partial charge in [0.15, 0.2) is 0 Å². The van der Waals surface area contributed by atoms with Crippen LogP contribution >= 0.6 is 11.3 Å². The van der Waals surface area contributed by atoms with E-state index >= 15 is 0 Å². The maximum Gasteiger partial charge on any atom is 0.0490 e. The SMILES string of the molecule is Cc1ccc2ccn(Cc3csc4ccccc34)c2c1. The molecule has 4 aromatic rings. The van der Waals surface area contributed by atoms with Crippen LogP contribution in [0.3, 0.4) is 0 Å². The van der Waals surface area contributed by atoms with E-state index in [1.54, 1.807) is 0 Å². The second-order valence-corrected chi connectivity index (χ2v) is 6.17. The van der Waals surface area contributed by atoms with Gasteiger partial charge in [-0.3, -0.25) is 0 Å². The highest BCUT2D eigenvalue weighted by Crippen LogP contribution is 2.27. The standard InChI is InChI=1S/C18H15NS/c1-13-6-7-14-8-9-19(17(14)10-13)11-15-12-20-18-5-3-2-4-16(15)18/h2-10,12H,11H2,1H3. The van der Waals surface area contributed by atoms with Gasteiger partial charge in [-0.15, -0.1) is 11.3 Å².